The van der Waals surface area contributed by atoms with Crippen molar-refractivity contribution in [1.82, 2.24) is 36.9 Å². The number of aliphatic carboxylic acids is 1. The van der Waals surface area contributed by atoms with Crippen LogP contribution in [-0.2, 0) is 40.0 Å². The molecule has 0 aliphatic carbocycles. The number of fused-ring (bicyclic) bond motifs is 1. The van der Waals surface area contributed by atoms with Crippen LogP contribution in [-0.4, -0.2) is 113 Å². The standard InChI is InChI=1S/C44H75N11O8/c1-6-27(4)37(55-39(57)31(48)24-29-25-49-32-16-8-7-15-30(29)32)43(61)50-28(5)38(56)54-36(23-26(2)3)42(60)52-33(17-9-12-20-45)40(58)51-34(18-10-13-21-46)41(59)53-35(44(62)63)19-11-14-22-47/h7-8,15-16,25-28,31,33-37,49H,6,9-14,17-24,45-48H2,1-5H3,(H,50,61)(H,51,58)(H,52,60)(H,53,59)(H,54,56)(H,55,57)(H,62,63)/t27-,28-,31-,33-,34-,35-,36-,37-/m0/s1. The highest BCUT2D eigenvalue weighted by molar-refractivity contribution is 5.97. The lowest BCUT2D eigenvalue weighted by atomic mass is 9.97. The molecular formula is C44H75N11O8. The van der Waals surface area contributed by atoms with E-state index in [9.17, 15) is 38.7 Å². The molecule has 354 valence electrons. The van der Waals surface area contributed by atoms with Gasteiger partial charge < -0.3 is 64.9 Å². The first-order valence-electron chi connectivity index (χ1n) is 22.4. The Balaban J connectivity index is 2.20. The second-order valence-corrected chi connectivity index (χ2v) is 16.8. The molecule has 0 saturated carbocycles. The number of hydrogen-bond acceptors (Lipinski definition) is 11. The minimum absolute atomic E-state index is 0.0865. The number of carboxylic acids is 1. The molecule has 63 heavy (non-hydrogen) atoms. The lowest BCUT2D eigenvalue weighted by Crippen LogP contribution is -2.60. The van der Waals surface area contributed by atoms with Gasteiger partial charge in [-0.15, -0.1) is 0 Å². The normalized spacial score (nSPS) is 15.2. The molecule has 1 aromatic heterocycles. The second kappa shape index (κ2) is 28.6. The van der Waals surface area contributed by atoms with E-state index in [1.807, 2.05) is 45.0 Å². The fourth-order valence-corrected chi connectivity index (χ4v) is 7.05. The van der Waals surface area contributed by atoms with Crippen LogP contribution in [0.3, 0.4) is 0 Å². The number of hydrogen-bond donors (Lipinski definition) is 12. The quantitative estimate of drug-likeness (QED) is 0.0462. The predicted molar refractivity (Wildman–Crippen MR) is 242 cm³/mol. The zero-order valence-corrected chi connectivity index (χ0v) is 37.8. The van der Waals surface area contributed by atoms with Gasteiger partial charge in [-0.2, -0.15) is 0 Å². The Hall–Kier alpha value is -5.11. The molecule has 0 fully saturated rings. The molecule has 0 unspecified atom stereocenters. The second-order valence-electron chi connectivity index (χ2n) is 16.8. The Kier molecular flexibility index (Phi) is 24.5. The van der Waals surface area contributed by atoms with Crippen LogP contribution in [0.25, 0.3) is 10.9 Å². The molecule has 6 amide bonds. The van der Waals surface area contributed by atoms with E-state index in [-0.39, 0.29) is 43.9 Å². The van der Waals surface area contributed by atoms with Gasteiger partial charge in [0.2, 0.25) is 35.4 Å². The van der Waals surface area contributed by atoms with Gasteiger partial charge in [0.15, 0.2) is 0 Å². The number of nitrogens with two attached hydrogens (primary N) is 4. The number of carboxylic acid groups (broad SMARTS) is 1. The van der Waals surface area contributed by atoms with E-state index in [1.165, 1.54) is 6.92 Å². The Morgan fingerprint density at radius 1 is 0.619 bits per heavy atom. The molecule has 0 spiro atoms. The van der Waals surface area contributed by atoms with Crippen molar-refractivity contribution in [1.29, 1.82) is 0 Å². The molecule has 2 rings (SSSR count). The lowest BCUT2D eigenvalue weighted by Gasteiger charge is -2.28. The van der Waals surface area contributed by atoms with Crippen molar-refractivity contribution in [2.75, 3.05) is 19.6 Å². The number of carbonyl (C=O) groups is 7. The van der Waals surface area contributed by atoms with Crippen molar-refractivity contribution in [2.45, 2.75) is 154 Å². The molecule has 8 atom stereocenters. The highest BCUT2D eigenvalue weighted by Crippen LogP contribution is 2.19. The third-order valence-corrected chi connectivity index (χ3v) is 11.1. The number of para-hydroxylation sites is 1. The van der Waals surface area contributed by atoms with Crippen LogP contribution >= 0.6 is 0 Å². The maximum absolute atomic E-state index is 13.9. The SMILES string of the molecule is CC[C@H](C)[C@H](NC(=O)[C@@H](N)Cc1c[nH]c2ccccc12)C(=O)N[C@@H](C)C(=O)N[C@@H](CC(C)C)C(=O)N[C@@H](CCCCN)C(=O)N[C@@H](CCCCN)C(=O)N[C@@H](CCCCN)C(=O)O. The number of unbranched alkanes of at least 4 members (excludes halogenated alkanes) is 3. The Morgan fingerprint density at radius 2 is 1.11 bits per heavy atom. The molecule has 1 aromatic carbocycles. The number of aromatic amines is 1. The van der Waals surface area contributed by atoms with Gasteiger partial charge in [0, 0.05) is 17.1 Å². The number of rotatable bonds is 31. The van der Waals surface area contributed by atoms with Gasteiger partial charge in [0.05, 0.1) is 6.04 Å². The summed E-state index contributed by atoms with van der Waals surface area (Å²) in [6.07, 6.45) is 6.29. The smallest absolute Gasteiger partial charge is 0.326 e. The van der Waals surface area contributed by atoms with Crippen LogP contribution in [0.1, 0.15) is 111 Å². The fourth-order valence-electron chi connectivity index (χ4n) is 7.05. The number of benzene rings is 1. The van der Waals surface area contributed by atoms with Crippen molar-refractivity contribution >= 4 is 52.3 Å². The Bertz CT molecular complexity index is 1770. The van der Waals surface area contributed by atoms with Crippen molar-refractivity contribution in [3.05, 3.63) is 36.0 Å². The molecule has 16 N–H and O–H groups in total. The van der Waals surface area contributed by atoms with Crippen molar-refractivity contribution in [2.24, 2.45) is 34.8 Å². The monoisotopic (exact) mass is 886 g/mol. The summed E-state index contributed by atoms with van der Waals surface area (Å²) in [7, 11) is 0. The van der Waals surface area contributed by atoms with E-state index in [1.54, 1.807) is 13.1 Å². The van der Waals surface area contributed by atoms with E-state index in [0.29, 0.717) is 64.6 Å². The van der Waals surface area contributed by atoms with Crippen LogP contribution in [0.2, 0.25) is 0 Å². The first-order valence-corrected chi connectivity index (χ1v) is 22.4. The van der Waals surface area contributed by atoms with Crippen LogP contribution in [0.5, 0.6) is 0 Å². The van der Waals surface area contributed by atoms with Crippen LogP contribution in [0, 0.1) is 11.8 Å². The lowest BCUT2D eigenvalue weighted by molar-refractivity contribution is -0.142. The van der Waals surface area contributed by atoms with Crippen LogP contribution < -0.4 is 54.8 Å². The third kappa shape index (κ3) is 18.6. The van der Waals surface area contributed by atoms with Gasteiger partial charge in [-0.25, -0.2) is 4.79 Å². The predicted octanol–water partition coefficient (Wildman–Crippen LogP) is 0.530. The number of H-pyrrole nitrogens is 1. The first-order chi connectivity index (χ1) is 30.0. The minimum atomic E-state index is -1.22. The van der Waals surface area contributed by atoms with Gasteiger partial charge in [0.1, 0.15) is 36.3 Å². The Morgan fingerprint density at radius 3 is 1.62 bits per heavy atom. The third-order valence-electron chi connectivity index (χ3n) is 11.1. The van der Waals surface area contributed by atoms with Gasteiger partial charge in [-0.3, -0.25) is 28.8 Å². The van der Waals surface area contributed by atoms with Crippen LogP contribution in [0.4, 0.5) is 0 Å². The largest absolute Gasteiger partial charge is 0.480 e. The highest BCUT2D eigenvalue weighted by atomic mass is 16.4. The first kappa shape index (κ1) is 54.0. The summed E-state index contributed by atoms with van der Waals surface area (Å²) in [5.41, 5.74) is 25.0. The van der Waals surface area contributed by atoms with E-state index in [4.69, 9.17) is 22.9 Å². The molecule has 0 bridgehead atoms. The molecule has 0 saturated heterocycles. The maximum Gasteiger partial charge on any atom is 0.326 e. The van der Waals surface area contributed by atoms with E-state index >= 15 is 0 Å². The fraction of sp³-hybridized carbons (Fsp3) is 0.659. The van der Waals surface area contributed by atoms with Crippen molar-refractivity contribution < 1.29 is 38.7 Å². The topological polar surface area (TPSA) is 332 Å². The summed E-state index contributed by atoms with van der Waals surface area (Å²) in [5.74, 6) is -5.43. The van der Waals surface area contributed by atoms with E-state index < -0.39 is 83.7 Å². The van der Waals surface area contributed by atoms with Crippen molar-refractivity contribution in [3.8, 4) is 0 Å². The molecule has 2 aromatic rings. The van der Waals surface area contributed by atoms with Gasteiger partial charge >= 0.3 is 5.97 Å². The molecular weight excluding hydrogens is 811 g/mol. The number of aromatic nitrogens is 1. The number of carbonyl (C=O) groups excluding carboxylic acids is 6. The van der Waals surface area contributed by atoms with Crippen molar-refractivity contribution in [3.63, 3.8) is 0 Å². The summed E-state index contributed by atoms with van der Waals surface area (Å²) in [5, 5.41) is 26.9. The number of amides is 6. The molecule has 19 nitrogen and oxygen atoms in total. The zero-order valence-electron chi connectivity index (χ0n) is 37.8. The molecule has 19 heteroatoms. The van der Waals surface area contributed by atoms with Crippen LogP contribution in [0.15, 0.2) is 30.5 Å². The van der Waals surface area contributed by atoms with E-state index in [0.717, 1.165) is 16.5 Å². The Labute approximate surface area is 371 Å². The van der Waals surface area contributed by atoms with Gasteiger partial charge in [-0.05, 0) is 121 Å². The summed E-state index contributed by atoms with van der Waals surface area (Å²) in [6, 6.07) is -0.0321. The average Bonchev–Trinajstić information content (AvgIpc) is 3.65. The summed E-state index contributed by atoms with van der Waals surface area (Å²) < 4.78 is 0. The van der Waals surface area contributed by atoms with E-state index in [2.05, 4.69) is 36.9 Å². The minimum Gasteiger partial charge on any atom is -0.480 e. The maximum atomic E-state index is 13.9. The zero-order chi connectivity index (χ0) is 47.1. The molecule has 0 aliphatic rings. The molecule has 0 radical (unpaired) electrons. The summed E-state index contributed by atoms with van der Waals surface area (Å²) in [4.78, 5) is 97.0. The molecule has 1 heterocycles. The van der Waals surface area contributed by atoms with Gasteiger partial charge in [0.25, 0.3) is 0 Å². The van der Waals surface area contributed by atoms with Gasteiger partial charge in [-0.1, -0.05) is 52.3 Å². The summed E-state index contributed by atoms with van der Waals surface area (Å²) >= 11 is 0. The highest BCUT2D eigenvalue weighted by Gasteiger charge is 2.34. The average molecular weight is 886 g/mol. The molecule has 0 aliphatic heterocycles. The summed E-state index contributed by atoms with van der Waals surface area (Å²) in [6.45, 7) is 9.90. The number of nitrogens with one attached hydrogen (secondary N) is 7.